The summed E-state index contributed by atoms with van der Waals surface area (Å²) < 4.78 is 0. The summed E-state index contributed by atoms with van der Waals surface area (Å²) >= 11 is 0. The smallest absolute Gasteiger partial charge is 0.277 e. The number of benzene rings is 2. The van der Waals surface area contributed by atoms with Gasteiger partial charge in [0.1, 0.15) is 0 Å². The maximum Gasteiger partial charge on any atom is 0.277 e. The van der Waals surface area contributed by atoms with E-state index in [2.05, 4.69) is 5.32 Å². The normalized spacial score (nSPS) is 14.6. The molecule has 2 aromatic carbocycles. The summed E-state index contributed by atoms with van der Waals surface area (Å²) in [4.78, 5) is 41.1. The fraction of sp³-hybridized carbons (Fsp3) is 0.409. The van der Waals surface area contributed by atoms with Crippen molar-refractivity contribution in [3.8, 4) is 0 Å². The highest BCUT2D eigenvalue weighted by Gasteiger charge is 2.25. The van der Waals surface area contributed by atoms with E-state index in [1.54, 1.807) is 23.9 Å². The van der Waals surface area contributed by atoms with Gasteiger partial charge in [0.05, 0.1) is 39.1 Å². The number of fused-ring (bicyclic) bond motifs is 1. The van der Waals surface area contributed by atoms with Crippen LogP contribution in [-0.4, -0.2) is 80.9 Å². The number of nitrogens with zero attached hydrogens (tertiary/aromatic N) is 2. The molecule has 0 radical (unpaired) electrons. The molecule has 154 valence electrons. The molecule has 3 amide bonds. The van der Waals surface area contributed by atoms with Gasteiger partial charge >= 0.3 is 0 Å². The molecule has 0 unspecified atom stereocenters. The van der Waals surface area contributed by atoms with Crippen molar-refractivity contribution in [2.75, 3.05) is 53.4 Å². The predicted molar refractivity (Wildman–Crippen MR) is 111 cm³/mol. The van der Waals surface area contributed by atoms with Gasteiger partial charge in [-0.2, -0.15) is 0 Å². The number of rotatable bonds is 6. The van der Waals surface area contributed by atoms with Crippen LogP contribution in [0.3, 0.4) is 0 Å². The number of quaternary nitrogens is 1. The van der Waals surface area contributed by atoms with Gasteiger partial charge in [-0.25, -0.2) is 0 Å². The van der Waals surface area contributed by atoms with Crippen LogP contribution in [0.5, 0.6) is 0 Å². The van der Waals surface area contributed by atoms with E-state index in [0.717, 1.165) is 29.4 Å². The van der Waals surface area contributed by atoms with Crippen LogP contribution in [-0.2, 0) is 20.8 Å². The first-order chi connectivity index (χ1) is 13.9. The second-order valence-electron chi connectivity index (χ2n) is 7.69. The van der Waals surface area contributed by atoms with E-state index in [9.17, 15) is 14.4 Å². The standard InChI is InChI=1S/C22H28N4O3/c1-24(2)22(29)16-25-10-12-26(13-11-25)21(28)15-23-20(27)14-18-8-5-7-17-6-3-4-9-19(17)18/h3-9H,10-16H2,1-2H3,(H,23,27)/p+1. The first-order valence-corrected chi connectivity index (χ1v) is 9.99. The summed E-state index contributed by atoms with van der Waals surface area (Å²) in [5.41, 5.74) is 0.954. The number of likely N-dealkylation sites (N-methyl/N-ethyl adjacent to an activating group) is 1. The Morgan fingerprint density at radius 1 is 1.03 bits per heavy atom. The lowest BCUT2D eigenvalue weighted by atomic mass is 10.0. The predicted octanol–water partition coefficient (Wildman–Crippen LogP) is -0.686. The van der Waals surface area contributed by atoms with E-state index in [0.29, 0.717) is 19.6 Å². The van der Waals surface area contributed by atoms with Crippen molar-refractivity contribution in [3.05, 3.63) is 48.0 Å². The molecule has 1 aliphatic heterocycles. The quantitative estimate of drug-likeness (QED) is 0.678. The van der Waals surface area contributed by atoms with Crippen molar-refractivity contribution in [2.45, 2.75) is 6.42 Å². The number of carbonyl (C=O) groups excluding carboxylic acids is 3. The van der Waals surface area contributed by atoms with Crippen LogP contribution < -0.4 is 10.2 Å². The largest absolute Gasteiger partial charge is 0.347 e. The third-order valence-corrected chi connectivity index (χ3v) is 5.39. The summed E-state index contributed by atoms with van der Waals surface area (Å²) in [6.45, 7) is 3.17. The third-order valence-electron chi connectivity index (χ3n) is 5.39. The van der Waals surface area contributed by atoms with Gasteiger partial charge < -0.3 is 20.0 Å². The number of hydrogen-bond donors (Lipinski definition) is 2. The Morgan fingerprint density at radius 3 is 2.45 bits per heavy atom. The molecule has 3 rings (SSSR count). The zero-order valence-electron chi connectivity index (χ0n) is 17.1. The van der Waals surface area contributed by atoms with Gasteiger partial charge in [0.25, 0.3) is 5.91 Å². The highest BCUT2D eigenvalue weighted by atomic mass is 16.2. The Hall–Kier alpha value is -2.93. The van der Waals surface area contributed by atoms with Crippen LogP contribution in [0.4, 0.5) is 0 Å². The van der Waals surface area contributed by atoms with Crippen LogP contribution in [0.15, 0.2) is 42.5 Å². The summed E-state index contributed by atoms with van der Waals surface area (Å²) in [6, 6.07) is 13.9. The number of piperazine rings is 1. The average Bonchev–Trinajstić information content (AvgIpc) is 2.72. The molecule has 1 heterocycles. The van der Waals surface area contributed by atoms with Crippen molar-refractivity contribution in [1.29, 1.82) is 0 Å². The average molecular weight is 397 g/mol. The molecular weight excluding hydrogens is 368 g/mol. The lowest BCUT2D eigenvalue weighted by Gasteiger charge is -2.32. The Bertz CT molecular complexity index is 883. The number of nitrogens with one attached hydrogen (secondary N) is 2. The zero-order valence-corrected chi connectivity index (χ0v) is 17.1. The summed E-state index contributed by atoms with van der Waals surface area (Å²) in [6.07, 6.45) is 0.249. The molecule has 1 aliphatic rings. The minimum Gasteiger partial charge on any atom is -0.347 e. The van der Waals surface area contributed by atoms with Gasteiger partial charge in [-0.15, -0.1) is 0 Å². The SMILES string of the molecule is CN(C)C(=O)C[NH+]1CCN(C(=O)CNC(=O)Cc2cccc3ccccc23)CC1. The van der Waals surface area contributed by atoms with Gasteiger partial charge in [-0.1, -0.05) is 42.5 Å². The van der Waals surface area contributed by atoms with Gasteiger partial charge in [0, 0.05) is 14.1 Å². The molecule has 7 heteroatoms. The topological polar surface area (TPSA) is 74.2 Å². The van der Waals surface area contributed by atoms with Crippen molar-refractivity contribution in [3.63, 3.8) is 0 Å². The highest BCUT2D eigenvalue weighted by Crippen LogP contribution is 2.18. The number of hydrogen-bond acceptors (Lipinski definition) is 3. The second kappa shape index (κ2) is 9.52. The molecule has 2 N–H and O–H groups in total. The van der Waals surface area contributed by atoms with E-state index in [-0.39, 0.29) is 30.7 Å². The fourth-order valence-electron chi connectivity index (χ4n) is 3.59. The van der Waals surface area contributed by atoms with E-state index >= 15 is 0 Å². The lowest BCUT2D eigenvalue weighted by molar-refractivity contribution is -0.896. The maximum atomic E-state index is 12.4. The van der Waals surface area contributed by atoms with E-state index in [4.69, 9.17) is 0 Å². The minimum atomic E-state index is -0.157. The Kier molecular flexibility index (Phi) is 6.82. The monoisotopic (exact) mass is 397 g/mol. The number of amides is 3. The van der Waals surface area contributed by atoms with E-state index < -0.39 is 0 Å². The van der Waals surface area contributed by atoms with Crippen LogP contribution in [0.1, 0.15) is 5.56 Å². The van der Waals surface area contributed by atoms with Crippen molar-refractivity contribution < 1.29 is 19.3 Å². The molecule has 29 heavy (non-hydrogen) atoms. The molecule has 0 aromatic heterocycles. The lowest BCUT2D eigenvalue weighted by Crippen LogP contribution is -3.15. The summed E-state index contributed by atoms with van der Waals surface area (Å²) in [5.74, 6) is -0.134. The van der Waals surface area contributed by atoms with Crippen molar-refractivity contribution in [2.24, 2.45) is 0 Å². The van der Waals surface area contributed by atoms with E-state index in [1.165, 1.54) is 4.90 Å². The molecule has 1 saturated heterocycles. The molecule has 2 aromatic rings. The molecule has 0 atom stereocenters. The Balaban J connectivity index is 1.45. The van der Waals surface area contributed by atoms with Crippen LogP contribution in [0.2, 0.25) is 0 Å². The van der Waals surface area contributed by atoms with Crippen LogP contribution in [0, 0.1) is 0 Å². The third kappa shape index (κ3) is 5.54. The number of carbonyl (C=O) groups is 3. The molecule has 0 saturated carbocycles. The molecule has 0 bridgehead atoms. The Morgan fingerprint density at radius 2 is 1.72 bits per heavy atom. The van der Waals surface area contributed by atoms with Gasteiger partial charge in [-0.05, 0) is 16.3 Å². The Labute approximate surface area is 171 Å². The highest BCUT2D eigenvalue weighted by molar-refractivity contribution is 5.91. The fourth-order valence-corrected chi connectivity index (χ4v) is 3.59. The van der Waals surface area contributed by atoms with Crippen molar-refractivity contribution >= 4 is 28.5 Å². The minimum absolute atomic E-state index is 0.00949. The zero-order chi connectivity index (χ0) is 20.8. The maximum absolute atomic E-state index is 12.4. The molecule has 0 aliphatic carbocycles. The first kappa shape index (κ1) is 20.8. The van der Waals surface area contributed by atoms with Crippen molar-refractivity contribution in [1.82, 2.24) is 15.1 Å². The second-order valence-corrected chi connectivity index (χ2v) is 7.69. The molecule has 1 fully saturated rings. The first-order valence-electron chi connectivity index (χ1n) is 9.99. The van der Waals surface area contributed by atoms with Gasteiger partial charge in [-0.3, -0.25) is 14.4 Å². The van der Waals surface area contributed by atoms with Gasteiger partial charge in [0.2, 0.25) is 11.8 Å². The van der Waals surface area contributed by atoms with Crippen LogP contribution in [0.25, 0.3) is 10.8 Å². The van der Waals surface area contributed by atoms with E-state index in [1.807, 2.05) is 42.5 Å². The summed E-state index contributed by atoms with van der Waals surface area (Å²) in [7, 11) is 3.50. The molecule has 0 spiro atoms. The summed E-state index contributed by atoms with van der Waals surface area (Å²) in [5, 5.41) is 4.91. The van der Waals surface area contributed by atoms with Gasteiger partial charge in [0.15, 0.2) is 6.54 Å². The molecular formula is C22H29N4O3+. The molecule has 7 nitrogen and oxygen atoms in total. The van der Waals surface area contributed by atoms with Crippen LogP contribution >= 0.6 is 0 Å².